The highest BCUT2D eigenvalue weighted by molar-refractivity contribution is 5.96. The number of fused-ring (bicyclic) bond motifs is 4. The summed E-state index contributed by atoms with van der Waals surface area (Å²) in [5.74, 6) is -3.67. The van der Waals surface area contributed by atoms with Gasteiger partial charge in [0, 0.05) is 19.3 Å². The maximum Gasteiger partial charge on any atom is 0.277 e. The average Bonchev–Trinajstić information content (AvgIpc) is 2.78. The summed E-state index contributed by atoms with van der Waals surface area (Å²) in [5.41, 5.74) is 0.686. The van der Waals surface area contributed by atoms with Gasteiger partial charge in [-0.05, 0) is 60.2 Å². The number of aryl methyl sites for hydroxylation is 1. The lowest BCUT2D eigenvalue weighted by molar-refractivity contribution is 0.0600. The van der Waals surface area contributed by atoms with Gasteiger partial charge in [-0.25, -0.2) is 13.2 Å². The fourth-order valence-corrected chi connectivity index (χ4v) is 4.82. The number of pyridine rings is 1. The quantitative estimate of drug-likeness (QED) is 0.611. The zero-order valence-electron chi connectivity index (χ0n) is 17.6. The highest BCUT2D eigenvalue weighted by Gasteiger charge is 2.43. The van der Waals surface area contributed by atoms with E-state index in [-0.39, 0.29) is 5.69 Å². The molecule has 0 saturated heterocycles. The maximum absolute atomic E-state index is 14.5. The van der Waals surface area contributed by atoms with Crippen molar-refractivity contribution in [2.45, 2.75) is 31.5 Å². The van der Waals surface area contributed by atoms with Crippen molar-refractivity contribution in [3.8, 4) is 5.75 Å². The Balaban J connectivity index is 1.84. The Morgan fingerprint density at radius 2 is 1.70 bits per heavy atom. The molecule has 0 saturated carbocycles. The highest BCUT2D eigenvalue weighted by atomic mass is 19.2. The smallest absolute Gasteiger partial charge is 0.277 e. The third kappa shape index (κ3) is 3.26. The zero-order chi connectivity index (χ0) is 23.4. The topological polar surface area (TPSA) is 65.8 Å². The second-order valence-electron chi connectivity index (χ2n) is 8.31. The molecule has 1 unspecified atom stereocenters. The Bertz CT molecular complexity index is 1320. The standard InChI is InChI=1S/C24H20F3N3O3/c1-28-20-4-2-3-14-11-17(26)18(27)12-16(14)21(13-5-7-15(25)8-6-13)30(20)29-10-9-19(31)23(32)22(29)24(28)33/h5-12,20-21,32H,2-4H2,1H3/t20?,21-/m1/s1. The summed E-state index contributed by atoms with van der Waals surface area (Å²) < 4.78 is 43.7. The van der Waals surface area contributed by atoms with Crippen LogP contribution >= 0.6 is 0 Å². The molecule has 5 rings (SSSR count). The van der Waals surface area contributed by atoms with Gasteiger partial charge < -0.3 is 10.0 Å². The summed E-state index contributed by atoms with van der Waals surface area (Å²) in [5, 5.41) is 12.2. The molecule has 2 aliphatic rings. The molecule has 2 atom stereocenters. The summed E-state index contributed by atoms with van der Waals surface area (Å²) in [6.45, 7) is 0. The predicted molar refractivity (Wildman–Crippen MR) is 114 cm³/mol. The van der Waals surface area contributed by atoms with Gasteiger partial charge in [0.1, 0.15) is 12.0 Å². The molecule has 0 spiro atoms. The van der Waals surface area contributed by atoms with E-state index in [0.717, 1.165) is 12.1 Å². The molecule has 1 amide bonds. The molecule has 6 nitrogen and oxygen atoms in total. The molecular weight excluding hydrogens is 435 g/mol. The Kier molecular flexibility index (Phi) is 4.92. The van der Waals surface area contributed by atoms with Gasteiger partial charge in [0.2, 0.25) is 5.43 Å². The normalized spacial score (nSPS) is 19.9. The van der Waals surface area contributed by atoms with E-state index in [2.05, 4.69) is 0 Å². The van der Waals surface area contributed by atoms with Crippen LogP contribution in [0.15, 0.2) is 53.5 Å². The molecule has 0 radical (unpaired) electrons. The summed E-state index contributed by atoms with van der Waals surface area (Å²) in [4.78, 5) is 26.6. The highest BCUT2D eigenvalue weighted by Crippen LogP contribution is 2.39. The number of rotatable bonds is 1. The van der Waals surface area contributed by atoms with Crippen LogP contribution in [0, 0.1) is 17.5 Å². The Hall–Kier alpha value is -3.75. The fraction of sp³-hybridized carbons (Fsp3) is 0.250. The fourth-order valence-electron chi connectivity index (χ4n) is 4.82. The van der Waals surface area contributed by atoms with Gasteiger partial charge in [-0.3, -0.25) is 19.3 Å². The molecular formula is C24H20F3N3O3. The van der Waals surface area contributed by atoms with Crippen molar-refractivity contribution in [1.82, 2.24) is 9.58 Å². The monoisotopic (exact) mass is 455 g/mol. The van der Waals surface area contributed by atoms with E-state index in [9.17, 15) is 27.9 Å². The second kappa shape index (κ2) is 7.68. The van der Waals surface area contributed by atoms with Crippen molar-refractivity contribution in [2.24, 2.45) is 0 Å². The van der Waals surface area contributed by atoms with Crippen LogP contribution in [0.1, 0.15) is 46.1 Å². The Morgan fingerprint density at radius 3 is 2.42 bits per heavy atom. The van der Waals surface area contributed by atoms with E-state index < -0.39 is 46.7 Å². The number of amides is 1. The van der Waals surface area contributed by atoms with E-state index in [1.54, 1.807) is 24.2 Å². The number of carbonyl (C=O) groups excluding carboxylic acids is 1. The third-order valence-corrected chi connectivity index (χ3v) is 6.41. The molecule has 0 fully saturated rings. The van der Waals surface area contributed by atoms with E-state index in [1.807, 2.05) is 0 Å². The first-order valence-electron chi connectivity index (χ1n) is 10.5. The summed E-state index contributed by atoms with van der Waals surface area (Å²) in [7, 11) is 1.57. The van der Waals surface area contributed by atoms with Crippen molar-refractivity contribution in [1.29, 1.82) is 0 Å². The number of halogens is 3. The minimum atomic E-state index is -1.03. The van der Waals surface area contributed by atoms with Gasteiger partial charge in [-0.15, -0.1) is 0 Å². The molecule has 0 bridgehead atoms. The molecule has 0 aliphatic carbocycles. The van der Waals surface area contributed by atoms with E-state index >= 15 is 0 Å². The van der Waals surface area contributed by atoms with Crippen LogP contribution in [-0.4, -0.2) is 33.8 Å². The van der Waals surface area contributed by atoms with Crippen LogP contribution in [0.5, 0.6) is 5.75 Å². The Morgan fingerprint density at radius 1 is 1.00 bits per heavy atom. The van der Waals surface area contributed by atoms with Crippen molar-refractivity contribution in [3.63, 3.8) is 0 Å². The number of aromatic hydroxyl groups is 1. The minimum Gasteiger partial charge on any atom is -0.502 e. The summed E-state index contributed by atoms with van der Waals surface area (Å²) >= 11 is 0. The number of aromatic nitrogens is 1. The molecule has 9 heteroatoms. The molecule has 170 valence electrons. The van der Waals surface area contributed by atoms with E-state index in [4.69, 9.17) is 0 Å². The summed E-state index contributed by atoms with van der Waals surface area (Å²) in [6, 6.07) is 8.29. The lowest BCUT2D eigenvalue weighted by Crippen LogP contribution is -2.61. The number of nitrogens with zero attached hydrogens (tertiary/aromatic N) is 3. The Labute approximate surface area is 187 Å². The van der Waals surface area contributed by atoms with Crippen molar-refractivity contribution in [2.75, 3.05) is 12.1 Å². The first-order chi connectivity index (χ1) is 15.8. The van der Waals surface area contributed by atoms with Gasteiger partial charge in [-0.1, -0.05) is 12.1 Å². The molecule has 2 aromatic carbocycles. The third-order valence-electron chi connectivity index (χ3n) is 6.41. The second-order valence-corrected chi connectivity index (χ2v) is 8.31. The number of hydrogen-bond donors (Lipinski definition) is 1. The lowest BCUT2D eigenvalue weighted by atomic mass is 9.88. The first-order valence-corrected chi connectivity index (χ1v) is 10.5. The van der Waals surface area contributed by atoms with Gasteiger partial charge in [0.05, 0.1) is 6.04 Å². The van der Waals surface area contributed by atoms with Crippen LogP contribution in [-0.2, 0) is 6.42 Å². The SMILES string of the molecule is CN1C(=O)c2c(O)c(=O)ccn2N2C1CCCc1cc(F)c(F)cc1[C@H]2c1ccc(F)cc1. The van der Waals surface area contributed by atoms with Gasteiger partial charge in [-0.2, -0.15) is 0 Å². The van der Waals surface area contributed by atoms with Crippen LogP contribution in [0.4, 0.5) is 13.2 Å². The zero-order valence-corrected chi connectivity index (χ0v) is 17.6. The largest absolute Gasteiger partial charge is 0.502 e. The van der Waals surface area contributed by atoms with Gasteiger partial charge >= 0.3 is 0 Å². The molecule has 3 heterocycles. The van der Waals surface area contributed by atoms with Crippen molar-refractivity contribution in [3.05, 3.63) is 98.7 Å². The van der Waals surface area contributed by atoms with Gasteiger partial charge in [0.15, 0.2) is 23.1 Å². The predicted octanol–water partition coefficient (Wildman–Crippen LogP) is 3.45. The lowest BCUT2D eigenvalue weighted by Gasteiger charge is -2.50. The number of benzene rings is 2. The minimum absolute atomic E-state index is 0.224. The van der Waals surface area contributed by atoms with Crippen LogP contribution in [0.3, 0.4) is 0 Å². The van der Waals surface area contributed by atoms with E-state index in [0.29, 0.717) is 36.0 Å². The number of hydrogen-bond acceptors (Lipinski definition) is 4. The molecule has 1 N–H and O–H groups in total. The van der Waals surface area contributed by atoms with E-state index in [1.165, 1.54) is 34.0 Å². The first kappa shape index (κ1) is 21.1. The maximum atomic E-state index is 14.5. The van der Waals surface area contributed by atoms with Crippen LogP contribution < -0.4 is 10.4 Å². The average molecular weight is 455 g/mol. The van der Waals surface area contributed by atoms with Gasteiger partial charge in [0.25, 0.3) is 5.91 Å². The van der Waals surface area contributed by atoms with Crippen molar-refractivity contribution < 1.29 is 23.1 Å². The number of carbonyl (C=O) groups is 1. The summed E-state index contributed by atoms with van der Waals surface area (Å²) in [6.07, 6.45) is 2.38. The molecule has 2 aliphatic heterocycles. The van der Waals surface area contributed by atoms with Crippen molar-refractivity contribution >= 4 is 5.91 Å². The molecule has 33 heavy (non-hydrogen) atoms. The van der Waals surface area contributed by atoms with Crippen LogP contribution in [0.25, 0.3) is 0 Å². The van der Waals surface area contributed by atoms with Crippen LogP contribution in [0.2, 0.25) is 0 Å². The molecule has 3 aromatic rings. The molecule has 1 aromatic heterocycles.